The van der Waals surface area contributed by atoms with Gasteiger partial charge in [0.05, 0.1) is 10.3 Å². The fourth-order valence-corrected chi connectivity index (χ4v) is 4.92. The Hall–Kier alpha value is -1.48. The number of carbonyl (C=O) groups excluding carboxylic acids is 1. The van der Waals surface area contributed by atoms with Crippen molar-refractivity contribution in [3.8, 4) is 0 Å². The van der Waals surface area contributed by atoms with E-state index in [-0.39, 0.29) is 10.8 Å². The predicted octanol–water partition coefficient (Wildman–Crippen LogP) is 0.275. The van der Waals surface area contributed by atoms with E-state index in [1.54, 1.807) is 35.2 Å². The Labute approximate surface area is 148 Å². The summed E-state index contributed by atoms with van der Waals surface area (Å²) in [4.78, 5) is 15.0. The van der Waals surface area contributed by atoms with Crippen molar-refractivity contribution in [3.63, 3.8) is 0 Å². The number of hydrogen-bond donors (Lipinski definition) is 1. The van der Waals surface area contributed by atoms with Crippen LogP contribution in [0.5, 0.6) is 0 Å². The third kappa shape index (κ3) is 3.57. The number of nitrogens with zero attached hydrogens (tertiary/aromatic N) is 2. The van der Waals surface area contributed by atoms with Crippen molar-refractivity contribution in [2.45, 2.75) is 17.7 Å². The molecule has 2 saturated heterocycles. The first-order valence-electron chi connectivity index (χ1n) is 8.62. The van der Waals surface area contributed by atoms with Crippen LogP contribution < -0.4 is 5.73 Å². The minimum atomic E-state index is -3.51. The molecule has 1 aromatic carbocycles. The number of sulfonamides is 1. The number of benzene rings is 1. The zero-order chi connectivity index (χ0) is 17.9. The van der Waals surface area contributed by atoms with Gasteiger partial charge in [-0.2, -0.15) is 4.31 Å². The number of carbonyl (C=O) groups is 1. The molecule has 2 N–H and O–H groups in total. The van der Waals surface area contributed by atoms with Crippen LogP contribution in [0, 0.1) is 5.41 Å². The van der Waals surface area contributed by atoms with Crippen LogP contribution in [0.25, 0.3) is 0 Å². The Morgan fingerprint density at radius 3 is 2.24 bits per heavy atom. The molecule has 2 aliphatic heterocycles. The second-order valence-corrected chi connectivity index (χ2v) is 8.54. The van der Waals surface area contributed by atoms with Crippen molar-refractivity contribution >= 4 is 15.9 Å². The van der Waals surface area contributed by atoms with Crippen LogP contribution in [-0.2, 0) is 19.6 Å². The first-order valence-corrected chi connectivity index (χ1v) is 10.1. The Morgan fingerprint density at radius 2 is 1.68 bits per heavy atom. The van der Waals surface area contributed by atoms with Crippen molar-refractivity contribution in [1.82, 2.24) is 9.21 Å². The number of nitrogens with two attached hydrogens (primary N) is 1. The fraction of sp³-hybridized carbons (Fsp3) is 0.588. The highest BCUT2D eigenvalue weighted by Crippen LogP contribution is 2.32. The van der Waals surface area contributed by atoms with Crippen LogP contribution in [0.3, 0.4) is 0 Å². The quantitative estimate of drug-likeness (QED) is 0.825. The van der Waals surface area contributed by atoms with Gasteiger partial charge in [0, 0.05) is 45.9 Å². The molecular formula is C17H25N3O4S. The number of hydrogen-bond acceptors (Lipinski definition) is 5. The highest BCUT2D eigenvalue weighted by atomic mass is 32.2. The molecule has 0 aliphatic carbocycles. The summed E-state index contributed by atoms with van der Waals surface area (Å²) in [5.41, 5.74) is 5.35. The first kappa shape index (κ1) is 18.3. The van der Waals surface area contributed by atoms with Crippen molar-refractivity contribution in [3.05, 3.63) is 30.3 Å². The molecule has 0 atom stereocenters. The summed E-state index contributed by atoms with van der Waals surface area (Å²) in [5.74, 6) is 0.0371. The summed E-state index contributed by atoms with van der Waals surface area (Å²) in [6, 6.07) is 8.40. The highest BCUT2D eigenvalue weighted by molar-refractivity contribution is 7.89. The van der Waals surface area contributed by atoms with Gasteiger partial charge in [-0.3, -0.25) is 4.79 Å². The fourth-order valence-electron chi connectivity index (χ4n) is 3.48. The molecule has 25 heavy (non-hydrogen) atoms. The van der Waals surface area contributed by atoms with E-state index in [0.29, 0.717) is 58.8 Å². The first-order chi connectivity index (χ1) is 12.0. The smallest absolute Gasteiger partial charge is 0.243 e. The summed E-state index contributed by atoms with van der Waals surface area (Å²) >= 11 is 0. The molecule has 2 aliphatic rings. The molecule has 7 nitrogen and oxygen atoms in total. The third-order valence-corrected chi connectivity index (χ3v) is 7.11. The van der Waals surface area contributed by atoms with Gasteiger partial charge in [0.1, 0.15) is 0 Å². The van der Waals surface area contributed by atoms with Crippen molar-refractivity contribution in [2.75, 3.05) is 45.9 Å². The maximum absolute atomic E-state index is 13.0. The number of piperazine rings is 1. The minimum absolute atomic E-state index is 0.0371. The zero-order valence-corrected chi connectivity index (χ0v) is 15.1. The van der Waals surface area contributed by atoms with Crippen molar-refractivity contribution < 1.29 is 17.9 Å². The van der Waals surface area contributed by atoms with Crippen LogP contribution in [0.15, 0.2) is 35.2 Å². The summed E-state index contributed by atoms with van der Waals surface area (Å²) in [5, 5.41) is 0. The van der Waals surface area contributed by atoms with Gasteiger partial charge >= 0.3 is 0 Å². The van der Waals surface area contributed by atoms with Gasteiger partial charge in [0.15, 0.2) is 0 Å². The van der Waals surface area contributed by atoms with Gasteiger partial charge in [-0.05, 0) is 25.0 Å². The Kier molecular flexibility index (Phi) is 5.43. The van der Waals surface area contributed by atoms with Gasteiger partial charge in [-0.15, -0.1) is 0 Å². The molecule has 138 valence electrons. The molecule has 0 radical (unpaired) electrons. The molecule has 1 aromatic rings. The topological polar surface area (TPSA) is 92.9 Å². The van der Waals surface area contributed by atoms with E-state index in [1.165, 1.54) is 4.31 Å². The molecule has 2 heterocycles. The average molecular weight is 367 g/mol. The highest BCUT2D eigenvalue weighted by Gasteiger charge is 2.42. The lowest BCUT2D eigenvalue weighted by Crippen LogP contribution is -2.57. The van der Waals surface area contributed by atoms with E-state index in [0.717, 1.165) is 0 Å². The number of amides is 1. The third-order valence-electron chi connectivity index (χ3n) is 5.20. The monoisotopic (exact) mass is 367 g/mol. The molecule has 0 spiro atoms. The Balaban J connectivity index is 1.66. The maximum Gasteiger partial charge on any atom is 0.243 e. The van der Waals surface area contributed by atoms with Crippen LogP contribution in [0.4, 0.5) is 0 Å². The normalized spacial score (nSPS) is 21.9. The molecule has 0 aromatic heterocycles. The molecule has 3 rings (SSSR count). The van der Waals surface area contributed by atoms with Crippen LogP contribution in [-0.4, -0.2) is 69.5 Å². The lowest BCUT2D eigenvalue weighted by atomic mass is 9.78. The average Bonchev–Trinajstić information content (AvgIpc) is 2.68. The summed E-state index contributed by atoms with van der Waals surface area (Å²) in [6.45, 7) is 2.80. The molecule has 2 fully saturated rings. The van der Waals surface area contributed by atoms with Gasteiger partial charge < -0.3 is 15.4 Å². The molecule has 8 heteroatoms. The van der Waals surface area contributed by atoms with E-state index in [9.17, 15) is 13.2 Å². The van der Waals surface area contributed by atoms with E-state index < -0.39 is 15.4 Å². The second-order valence-electron chi connectivity index (χ2n) is 6.61. The summed E-state index contributed by atoms with van der Waals surface area (Å²) in [7, 11) is -3.51. The molecule has 0 bridgehead atoms. The van der Waals surface area contributed by atoms with Crippen LogP contribution in [0.2, 0.25) is 0 Å². The molecule has 0 unspecified atom stereocenters. The lowest BCUT2D eigenvalue weighted by Gasteiger charge is -2.42. The van der Waals surface area contributed by atoms with Gasteiger partial charge in [0.25, 0.3) is 0 Å². The van der Waals surface area contributed by atoms with E-state index in [2.05, 4.69) is 0 Å². The number of ether oxygens (including phenoxy) is 1. The van der Waals surface area contributed by atoms with E-state index in [1.807, 2.05) is 0 Å². The minimum Gasteiger partial charge on any atom is -0.381 e. The Morgan fingerprint density at radius 1 is 1.08 bits per heavy atom. The van der Waals surface area contributed by atoms with Gasteiger partial charge in [0.2, 0.25) is 15.9 Å². The lowest BCUT2D eigenvalue weighted by molar-refractivity contribution is -0.148. The van der Waals surface area contributed by atoms with Crippen molar-refractivity contribution in [1.29, 1.82) is 0 Å². The van der Waals surface area contributed by atoms with Gasteiger partial charge in [-0.1, -0.05) is 18.2 Å². The largest absolute Gasteiger partial charge is 0.381 e. The van der Waals surface area contributed by atoms with Gasteiger partial charge in [-0.25, -0.2) is 8.42 Å². The molecule has 1 amide bonds. The van der Waals surface area contributed by atoms with Crippen LogP contribution >= 0.6 is 0 Å². The Bertz CT molecular complexity index is 694. The SMILES string of the molecule is NCC1(C(=O)N2CCN(S(=O)(=O)c3ccccc3)CC2)CCOCC1. The molecular weight excluding hydrogens is 342 g/mol. The van der Waals surface area contributed by atoms with Crippen molar-refractivity contribution in [2.24, 2.45) is 11.1 Å². The van der Waals surface area contributed by atoms with E-state index in [4.69, 9.17) is 10.5 Å². The number of rotatable bonds is 4. The standard InChI is InChI=1S/C17H25N3O4S/c18-14-17(6-12-24-13-7-17)16(21)19-8-10-20(11-9-19)25(22,23)15-4-2-1-3-5-15/h1-5H,6-14,18H2. The van der Waals surface area contributed by atoms with E-state index >= 15 is 0 Å². The summed E-state index contributed by atoms with van der Waals surface area (Å²) in [6.07, 6.45) is 1.26. The predicted molar refractivity (Wildman–Crippen MR) is 93.3 cm³/mol. The van der Waals surface area contributed by atoms with Crippen LogP contribution in [0.1, 0.15) is 12.8 Å². The maximum atomic E-state index is 13.0. The zero-order valence-electron chi connectivity index (χ0n) is 14.3. The summed E-state index contributed by atoms with van der Waals surface area (Å²) < 4.78 is 32.2. The molecule has 0 saturated carbocycles. The second kappa shape index (κ2) is 7.41.